The molecule has 0 saturated carbocycles. The highest BCUT2D eigenvalue weighted by molar-refractivity contribution is 9.10. The molecule has 0 unspecified atom stereocenters. The minimum atomic E-state index is -1.17. The molecule has 0 radical (unpaired) electrons. The number of halogens is 1. The average Bonchev–Trinajstić information content (AvgIpc) is 2.95. The van der Waals surface area contributed by atoms with E-state index in [4.69, 9.17) is 14.9 Å². The second-order valence-electron chi connectivity index (χ2n) is 4.12. The number of rotatable bonds is 6. The molecule has 0 aliphatic heterocycles. The number of ether oxygens (including phenoxy) is 1. The van der Waals surface area contributed by atoms with Gasteiger partial charge in [-0.05, 0) is 29.6 Å². The van der Waals surface area contributed by atoms with Crippen molar-refractivity contribution in [3.05, 3.63) is 50.1 Å². The molecule has 0 aliphatic rings. The molecular formula is C14H9BrO6S. The van der Waals surface area contributed by atoms with E-state index in [1.807, 2.05) is 0 Å². The fourth-order valence-electron chi connectivity index (χ4n) is 1.71. The number of hydrogen-bond acceptors (Lipinski definition) is 5. The number of aliphatic carboxylic acids is 1. The number of hydrogen-bond donors (Lipinski definition) is 2. The molecule has 22 heavy (non-hydrogen) atoms. The molecule has 8 heteroatoms. The Morgan fingerprint density at radius 2 is 1.86 bits per heavy atom. The predicted molar refractivity (Wildman–Crippen MR) is 82.0 cm³/mol. The minimum Gasteiger partial charge on any atom is -0.482 e. The minimum absolute atomic E-state index is 0.0474. The van der Waals surface area contributed by atoms with E-state index in [-0.39, 0.29) is 21.8 Å². The first-order valence-corrected chi connectivity index (χ1v) is 7.57. The zero-order valence-electron chi connectivity index (χ0n) is 10.9. The van der Waals surface area contributed by atoms with E-state index in [1.54, 1.807) is 0 Å². The van der Waals surface area contributed by atoms with Crippen LogP contribution < -0.4 is 4.74 Å². The van der Waals surface area contributed by atoms with Gasteiger partial charge in [0.05, 0.1) is 0 Å². The van der Waals surface area contributed by atoms with Gasteiger partial charge in [0.1, 0.15) is 10.6 Å². The molecule has 0 aliphatic carbocycles. The first-order chi connectivity index (χ1) is 10.4. The second-order valence-corrected chi connectivity index (χ2v) is 5.89. The fourth-order valence-corrected chi connectivity index (χ4v) is 2.87. The van der Waals surface area contributed by atoms with Gasteiger partial charge < -0.3 is 14.9 Å². The van der Waals surface area contributed by atoms with Crippen LogP contribution in [0.15, 0.2) is 34.1 Å². The van der Waals surface area contributed by atoms with Crippen LogP contribution in [-0.4, -0.2) is 34.5 Å². The molecule has 0 spiro atoms. The Morgan fingerprint density at radius 3 is 2.50 bits per heavy atom. The van der Waals surface area contributed by atoms with Gasteiger partial charge in [-0.2, -0.15) is 0 Å². The van der Waals surface area contributed by atoms with Gasteiger partial charge in [0, 0.05) is 15.6 Å². The number of carboxylic acids is 2. The number of aromatic carboxylic acids is 1. The highest BCUT2D eigenvalue weighted by atomic mass is 79.9. The highest BCUT2D eigenvalue weighted by Crippen LogP contribution is 2.27. The third-order valence-corrected chi connectivity index (χ3v) is 4.24. The maximum absolute atomic E-state index is 12.5. The van der Waals surface area contributed by atoms with Gasteiger partial charge in [0.2, 0.25) is 0 Å². The molecule has 2 rings (SSSR count). The first kappa shape index (κ1) is 16.2. The van der Waals surface area contributed by atoms with Gasteiger partial charge in [-0.3, -0.25) is 4.79 Å². The van der Waals surface area contributed by atoms with Gasteiger partial charge in [0.15, 0.2) is 12.4 Å². The number of carbonyl (C=O) groups excluding carboxylic acids is 1. The van der Waals surface area contributed by atoms with Crippen LogP contribution in [0, 0.1) is 0 Å². The van der Waals surface area contributed by atoms with Gasteiger partial charge in [-0.1, -0.05) is 15.9 Å². The summed E-state index contributed by atoms with van der Waals surface area (Å²) < 4.78 is 5.48. The summed E-state index contributed by atoms with van der Waals surface area (Å²) in [5.41, 5.74) is 0.275. The molecule has 0 saturated heterocycles. The normalized spacial score (nSPS) is 10.2. The largest absolute Gasteiger partial charge is 0.482 e. The lowest BCUT2D eigenvalue weighted by molar-refractivity contribution is -0.139. The van der Waals surface area contributed by atoms with Crippen molar-refractivity contribution in [2.45, 2.75) is 0 Å². The lowest BCUT2D eigenvalue weighted by Gasteiger charge is -2.08. The van der Waals surface area contributed by atoms with E-state index < -0.39 is 24.3 Å². The topological polar surface area (TPSA) is 101 Å². The Morgan fingerprint density at radius 1 is 1.14 bits per heavy atom. The summed E-state index contributed by atoms with van der Waals surface area (Å²) in [7, 11) is 0. The molecule has 2 N–H and O–H groups in total. The van der Waals surface area contributed by atoms with Crippen molar-refractivity contribution in [3.8, 4) is 5.75 Å². The molecule has 0 fully saturated rings. The first-order valence-electron chi connectivity index (χ1n) is 5.89. The summed E-state index contributed by atoms with van der Waals surface area (Å²) in [6, 6.07) is 5.86. The Labute approximate surface area is 137 Å². The van der Waals surface area contributed by atoms with E-state index in [0.29, 0.717) is 4.47 Å². The molecule has 0 bridgehead atoms. The van der Waals surface area contributed by atoms with Crippen LogP contribution in [0.5, 0.6) is 5.75 Å². The Hall–Kier alpha value is -2.19. The van der Waals surface area contributed by atoms with Crippen molar-refractivity contribution in [2.75, 3.05) is 6.61 Å². The van der Waals surface area contributed by atoms with Crippen LogP contribution in [0.25, 0.3) is 0 Å². The molecule has 1 aromatic heterocycles. The van der Waals surface area contributed by atoms with Gasteiger partial charge in [0.25, 0.3) is 0 Å². The lowest BCUT2D eigenvalue weighted by Crippen LogP contribution is -2.11. The molecule has 0 atom stereocenters. The summed E-state index contributed by atoms with van der Waals surface area (Å²) in [6.45, 7) is -0.534. The highest BCUT2D eigenvalue weighted by Gasteiger charge is 2.21. The molecule has 1 aromatic carbocycles. The average molecular weight is 385 g/mol. The van der Waals surface area contributed by atoms with Gasteiger partial charge >= 0.3 is 11.9 Å². The summed E-state index contributed by atoms with van der Waals surface area (Å²) in [5.74, 6) is -2.58. The smallest absolute Gasteiger partial charge is 0.346 e. The van der Waals surface area contributed by atoms with Gasteiger partial charge in [-0.25, -0.2) is 9.59 Å². The van der Waals surface area contributed by atoms with E-state index in [0.717, 1.165) is 11.3 Å². The van der Waals surface area contributed by atoms with Crippen molar-refractivity contribution in [1.82, 2.24) is 0 Å². The van der Waals surface area contributed by atoms with Crippen LogP contribution in [0.1, 0.15) is 25.6 Å². The fraction of sp³-hybridized carbons (Fsp3) is 0.0714. The molecule has 2 aromatic rings. The van der Waals surface area contributed by atoms with Crippen LogP contribution >= 0.6 is 27.3 Å². The Kier molecular flexibility index (Phi) is 4.94. The SMILES string of the molecule is O=C(O)COc1ccc(Br)c(C(=O)c2ccsc2C(=O)O)c1. The number of carbonyl (C=O) groups is 3. The maximum Gasteiger partial charge on any atom is 0.346 e. The summed E-state index contributed by atoms with van der Waals surface area (Å²) in [6.07, 6.45) is 0. The van der Waals surface area contributed by atoms with Crippen molar-refractivity contribution in [1.29, 1.82) is 0 Å². The number of ketones is 1. The maximum atomic E-state index is 12.5. The van der Waals surface area contributed by atoms with E-state index in [2.05, 4.69) is 15.9 Å². The van der Waals surface area contributed by atoms with Crippen molar-refractivity contribution in [3.63, 3.8) is 0 Å². The Bertz CT molecular complexity index is 752. The quantitative estimate of drug-likeness (QED) is 0.742. The number of benzene rings is 1. The zero-order valence-corrected chi connectivity index (χ0v) is 13.3. The van der Waals surface area contributed by atoms with Crippen LogP contribution in [0.2, 0.25) is 0 Å². The van der Waals surface area contributed by atoms with Gasteiger partial charge in [-0.15, -0.1) is 11.3 Å². The second kappa shape index (κ2) is 6.71. The number of thiophene rings is 1. The van der Waals surface area contributed by atoms with Crippen LogP contribution in [0.4, 0.5) is 0 Å². The van der Waals surface area contributed by atoms with Crippen molar-refractivity contribution in [2.24, 2.45) is 0 Å². The third-order valence-electron chi connectivity index (χ3n) is 2.65. The van der Waals surface area contributed by atoms with Crippen molar-refractivity contribution >= 4 is 45.0 Å². The lowest BCUT2D eigenvalue weighted by atomic mass is 10.0. The van der Waals surface area contributed by atoms with E-state index in [9.17, 15) is 14.4 Å². The summed E-state index contributed by atoms with van der Waals surface area (Å²) in [5, 5.41) is 19.2. The zero-order chi connectivity index (χ0) is 16.3. The monoisotopic (exact) mass is 384 g/mol. The third kappa shape index (κ3) is 3.52. The van der Waals surface area contributed by atoms with Crippen molar-refractivity contribution < 1.29 is 29.3 Å². The standard InChI is InChI=1S/C14H9BrO6S/c15-10-2-1-7(21-6-11(16)17)5-9(10)12(18)8-3-4-22-13(8)14(19)20/h1-5H,6H2,(H,16,17)(H,19,20). The molecular weight excluding hydrogens is 376 g/mol. The van der Waals surface area contributed by atoms with E-state index >= 15 is 0 Å². The summed E-state index contributed by atoms with van der Waals surface area (Å²) >= 11 is 4.18. The van der Waals surface area contributed by atoms with E-state index in [1.165, 1.54) is 29.6 Å². The molecule has 1 heterocycles. The Balaban J connectivity index is 2.36. The molecule has 0 amide bonds. The summed E-state index contributed by atoms with van der Waals surface area (Å²) in [4.78, 5) is 34.0. The molecule has 6 nitrogen and oxygen atoms in total. The van der Waals surface area contributed by atoms with Crippen LogP contribution in [-0.2, 0) is 4.79 Å². The van der Waals surface area contributed by atoms with Crippen LogP contribution in [0.3, 0.4) is 0 Å². The number of carboxylic acid groups (broad SMARTS) is 2. The molecule has 114 valence electrons. The predicted octanol–water partition coefficient (Wildman–Crippen LogP) is 2.90.